The molecule has 0 radical (unpaired) electrons. The first-order valence-electron chi connectivity index (χ1n) is 12.3. The summed E-state index contributed by atoms with van der Waals surface area (Å²) in [7, 11) is 0. The third-order valence-electron chi connectivity index (χ3n) is 5.51. The smallest absolute Gasteiger partial charge is 0.302 e. The van der Waals surface area contributed by atoms with Crippen molar-refractivity contribution in [3.05, 3.63) is 47.0 Å². The van der Waals surface area contributed by atoms with Gasteiger partial charge in [0.05, 0.1) is 12.3 Å². The number of hydrogen-bond acceptors (Lipinski definition) is 7. The number of halogens is 1. The van der Waals surface area contributed by atoms with Gasteiger partial charge in [0.15, 0.2) is 0 Å². The molecule has 1 aliphatic rings. The number of carbonyl (C=O) groups excluding carboxylic acids is 2. The van der Waals surface area contributed by atoms with Crippen LogP contribution in [0.2, 0.25) is 5.02 Å². The number of carbonyl (C=O) groups is 2. The number of amides is 1. The van der Waals surface area contributed by atoms with Crippen LogP contribution in [0.4, 0.5) is 5.69 Å². The molecule has 1 aliphatic heterocycles. The Kier molecular flexibility index (Phi) is 11.9. The van der Waals surface area contributed by atoms with Crippen LogP contribution >= 0.6 is 23.4 Å². The monoisotopic (exact) mass is 536 g/mol. The fraction of sp³-hybridized carbons (Fsp3) is 0.481. The van der Waals surface area contributed by atoms with Crippen LogP contribution < -0.4 is 9.64 Å². The Morgan fingerprint density at radius 2 is 1.83 bits per heavy atom. The molecule has 0 spiro atoms. The summed E-state index contributed by atoms with van der Waals surface area (Å²) in [5.41, 5.74) is 1.52. The Balaban J connectivity index is 0.00000222. The zero-order valence-corrected chi connectivity index (χ0v) is 23.5. The predicted octanol–water partition coefficient (Wildman–Crippen LogP) is 6.27. The first-order valence-corrected chi connectivity index (χ1v) is 13.5. The number of nitrogens with zero attached hydrogens (tertiary/aromatic N) is 2. The number of aromatic hydroxyl groups is 1. The minimum absolute atomic E-state index is 0.103. The van der Waals surface area contributed by atoms with E-state index in [1.54, 1.807) is 29.2 Å². The van der Waals surface area contributed by atoms with E-state index in [-0.39, 0.29) is 23.0 Å². The van der Waals surface area contributed by atoms with Gasteiger partial charge < -0.3 is 14.6 Å². The average Bonchev–Trinajstić information content (AvgIpc) is 3.20. The van der Waals surface area contributed by atoms with Gasteiger partial charge in [-0.15, -0.1) is 0 Å². The van der Waals surface area contributed by atoms with E-state index in [1.807, 2.05) is 26.0 Å². The fourth-order valence-electron chi connectivity index (χ4n) is 3.86. The Bertz CT molecular complexity index is 1030. The molecule has 7 nitrogen and oxygen atoms in total. The van der Waals surface area contributed by atoms with E-state index in [2.05, 4.69) is 18.7 Å². The van der Waals surface area contributed by atoms with E-state index in [1.165, 1.54) is 25.6 Å². The lowest BCUT2D eigenvalue weighted by Gasteiger charge is -2.27. The average molecular weight is 537 g/mol. The SMILES string of the molecule is CC.CC(=O)OCCN(CCCOc1ccc(O)cc1C1Sc2cc(Cl)ccc2N1C(C)=O)C(C)C. The number of phenolic OH excluding ortho intramolecular Hbond substituents is 1. The summed E-state index contributed by atoms with van der Waals surface area (Å²) in [5.74, 6) is 0.349. The highest BCUT2D eigenvalue weighted by molar-refractivity contribution is 8.00. The largest absolute Gasteiger partial charge is 0.508 e. The van der Waals surface area contributed by atoms with Gasteiger partial charge in [0.2, 0.25) is 5.91 Å². The molecule has 0 fully saturated rings. The van der Waals surface area contributed by atoms with Gasteiger partial charge in [-0.25, -0.2) is 0 Å². The van der Waals surface area contributed by atoms with Crippen molar-refractivity contribution in [1.29, 1.82) is 0 Å². The van der Waals surface area contributed by atoms with Crippen molar-refractivity contribution >= 4 is 40.9 Å². The van der Waals surface area contributed by atoms with Gasteiger partial charge in [-0.1, -0.05) is 37.2 Å². The third-order valence-corrected chi connectivity index (χ3v) is 7.02. The highest BCUT2D eigenvalue weighted by Crippen LogP contribution is 2.54. The number of anilines is 1. The second-order valence-electron chi connectivity index (χ2n) is 8.37. The van der Waals surface area contributed by atoms with Crippen molar-refractivity contribution in [2.24, 2.45) is 0 Å². The topological polar surface area (TPSA) is 79.3 Å². The second-order valence-corrected chi connectivity index (χ2v) is 9.92. The van der Waals surface area contributed by atoms with Crippen molar-refractivity contribution in [2.45, 2.75) is 64.3 Å². The van der Waals surface area contributed by atoms with E-state index < -0.39 is 0 Å². The number of esters is 1. The van der Waals surface area contributed by atoms with Crippen molar-refractivity contribution in [1.82, 2.24) is 4.90 Å². The van der Waals surface area contributed by atoms with Crippen LogP contribution in [0.25, 0.3) is 0 Å². The summed E-state index contributed by atoms with van der Waals surface area (Å²) in [6.45, 7) is 13.4. The maximum Gasteiger partial charge on any atom is 0.302 e. The van der Waals surface area contributed by atoms with Crippen molar-refractivity contribution in [3.63, 3.8) is 0 Å². The van der Waals surface area contributed by atoms with Gasteiger partial charge in [0.25, 0.3) is 0 Å². The van der Waals surface area contributed by atoms with Crippen LogP contribution in [-0.4, -0.2) is 54.2 Å². The Morgan fingerprint density at radius 1 is 1.11 bits per heavy atom. The van der Waals surface area contributed by atoms with Crippen LogP contribution in [0.5, 0.6) is 11.5 Å². The highest BCUT2D eigenvalue weighted by atomic mass is 35.5. The maximum absolute atomic E-state index is 12.5. The van der Waals surface area contributed by atoms with Crippen molar-refractivity contribution in [2.75, 3.05) is 31.2 Å². The summed E-state index contributed by atoms with van der Waals surface area (Å²) >= 11 is 7.67. The predicted molar refractivity (Wildman–Crippen MR) is 146 cm³/mol. The summed E-state index contributed by atoms with van der Waals surface area (Å²) in [4.78, 5) is 28.4. The normalized spacial score (nSPS) is 14.4. The molecule has 0 aliphatic carbocycles. The first kappa shape index (κ1) is 29.8. The molecule has 2 aromatic rings. The molecular weight excluding hydrogens is 500 g/mol. The van der Waals surface area contributed by atoms with E-state index in [0.29, 0.717) is 36.6 Å². The van der Waals surface area contributed by atoms with Crippen molar-refractivity contribution in [3.8, 4) is 11.5 Å². The number of thioether (sulfide) groups is 1. The third kappa shape index (κ3) is 8.05. The molecule has 1 N–H and O–H groups in total. The van der Waals surface area contributed by atoms with Crippen LogP contribution in [0.15, 0.2) is 41.3 Å². The lowest BCUT2D eigenvalue weighted by Crippen LogP contribution is -2.35. The van der Waals surface area contributed by atoms with Crippen molar-refractivity contribution < 1.29 is 24.2 Å². The van der Waals surface area contributed by atoms with Gasteiger partial charge in [-0.2, -0.15) is 0 Å². The summed E-state index contributed by atoms with van der Waals surface area (Å²) in [6.07, 6.45) is 0.767. The van der Waals surface area contributed by atoms with Gasteiger partial charge >= 0.3 is 5.97 Å². The lowest BCUT2D eigenvalue weighted by molar-refractivity contribution is -0.141. The molecule has 0 saturated carbocycles. The number of hydrogen-bond donors (Lipinski definition) is 1. The molecule has 3 rings (SSSR count). The molecular formula is C27H37ClN2O5S. The molecule has 1 heterocycles. The quantitative estimate of drug-likeness (QED) is 0.283. The van der Waals surface area contributed by atoms with E-state index in [9.17, 15) is 14.7 Å². The zero-order valence-electron chi connectivity index (χ0n) is 21.9. The zero-order chi connectivity index (χ0) is 26.8. The molecule has 0 saturated heterocycles. The molecule has 0 aromatic heterocycles. The molecule has 9 heteroatoms. The van der Waals surface area contributed by atoms with Crippen LogP contribution in [0.3, 0.4) is 0 Å². The number of benzene rings is 2. The minimum Gasteiger partial charge on any atom is -0.508 e. The van der Waals surface area contributed by atoms with Gasteiger partial charge in [0.1, 0.15) is 23.5 Å². The number of phenols is 1. The lowest BCUT2D eigenvalue weighted by atomic mass is 10.1. The molecule has 198 valence electrons. The van der Waals surface area contributed by atoms with E-state index in [4.69, 9.17) is 21.1 Å². The van der Waals surface area contributed by atoms with E-state index >= 15 is 0 Å². The molecule has 0 bridgehead atoms. The van der Waals surface area contributed by atoms with Gasteiger partial charge in [0, 0.05) is 48.5 Å². The number of fused-ring (bicyclic) bond motifs is 1. The van der Waals surface area contributed by atoms with Gasteiger partial charge in [-0.05, 0) is 56.7 Å². The highest BCUT2D eigenvalue weighted by Gasteiger charge is 2.36. The molecule has 1 atom stereocenters. The second kappa shape index (κ2) is 14.4. The minimum atomic E-state index is -0.371. The number of rotatable bonds is 10. The molecule has 1 unspecified atom stereocenters. The summed E-state index contributed by atoms with van der Waals surface area (Å²) in [6, 6.07) is 10.7. The molecule has 36 heavy (non-hydrogen) atoms. The summed E-state index contributed by atoms with van der Waals surface area (Å²) in [5, 5.41) is 10.4. The standard InChI is InChI=1S/C25H31ClN2O5S.C2H6/c1-16(2)27(11-13-32-18(4)30)10-5-12-33-23-9-7-20(31)15-21(23)25-28(17(3)29)22-8-6-19(26)14-24(22)34-25;1-2/h6-9,14-16,25,31H,5,10-13H2,1-4H3;1-2H3. The van der Waals surface area contributed by atoms with Crippen LogP contribution in [-0.2, 0) is 14.3 Å². The van der Waals surface area contributed by atoms with Crippen LogP contribution in [0.1, 0.15) is 58.9 Å². The number of ether oxygens (including phenoxy) is 2. The molecule has 1 amide bonds. The first-order chi connectivity index (χ1) is 17.2. The Hall–Kier alpha value is -2.42. The molecule has 2 aromatic carbocycles. The van der Waals surface area contributed by atoms with Crippen LogP contribution in [0, 0.1) is 0 Å². The maximum atomic E-state index is 12.5. The Morgan fingerprint density at radius 3 is 2.47 bits per heavy atom. The van der Waals surface area contributed by atoms with E-state index in [0.717, 1.165) is 29.1 Å². The Labute approximate surface area is 223 Å². The summed E-state index contributed by atoms with van der Waals surface area (Å²) < 4.78 is 11.2. The fourth-order valence-corrected chi connectivity index (χ4v) is 5.50. The van der Waals surface area contributed by atoms with Gasteiger partial charge in [-0.3, -0.25) is 19.4 Å².